The Hall–Kier alpha value is -3.11. The summed E-state index contributed by atoms with van der Waals surface area (Å²) in [6.45, 7) is 0.383. The molecule has 1 N–H and O–H groups in total. The summed E-state index contributed by atoms with van der Waals surface area (Å²) in [7, 11) is 0. The van der Waals surface area contributed by atoms with E-state index < -0.39 is 0 Å². The van der Waals surface area contributed by atoms with E-state index in [1.54, 1.807) is 6.07 Å². The van der Waals surface area contributed by atoms with Crippen LogP contribution < -0.4 is 5.32 Å². The van der Waals surface area contributed by atoms with Gasteiger partial charge < -0.3 is 9.72 Å². The lowest BCUT2D eigenvalue weighted by Gasteiger charge is -2.17. The lowest BCUT2D eigenvalue weighted by atomic mass is 9.88. The number of carbonyl (C=O) groups is 1. The number of nitrogens with one attached hydrogen (secondary N) is 1. The summed E-state index contributed by atoms with van der Waals surface area (Å²) >= 11 is 6.01. The molecular weight excluding hydrogens is 370 g/mol. The van der Waals surface area contributed by atoms with Crippen molar-refractivity contribution in [1.29, 1.82) is 0 Å². The first-order valence-corrected chi connectivity index (χ1v) is 9.56. The van der Waals surface area contributed by atoms with Gasteiger partial charge in [0.15, 0.2) is 0 Å². The monoisotopic (exact) mass is 389 g/mol. The molecule has 0 aliphatic rings. The number of halogens is 1. The lowest BCUT2D eigenvalue weighted by Crippen LogP contribution is -2.25. The maximum absolute atomic E-state index is 12.7. The zero-order chi connectivity index (χ0) is 19.3. The highest BCUT2D eigenvalue weighted by atomic mass is 35.5. The predicted molar refractivity (Wildman–Crippen MR) is 111 cm³/mol. The molecule has 0 radical (unpaired) electrons. The first kappa shape index (κ1) is 18.3. The number of pyridine rings is 1. The van der Waals surface area contributed by atoms with Crippen LogP contribution in [0.2, 0.25) is 5.02 Å². The molecule has 1 amide bonds. The summed E-state index contributed by atoms with van der Waals surface area (Å²) in [6, 6.07) is 23.9. The zero-order valence-corrected chi connectivity index (χ0v) is 16.0. The number of imidazole rings is 1. The average Bonchev–Trinajstić information content (AvgIpc) is 3.14. The minimum Gasteiger partial charge on any atom is -0.350 e. The van der Waals surface area contributed by atoms with Crippen LogP contribution in [0.5, 0.6) is 0 Å². The van der Waals surface area contributed by atoms with E-state index in [1.165, 1.54) is 0 Å². The third-order valence-corrected chi connectivity index (χ3v) is 4.97. The van der Waals surface area contributed by atoms with E-state index >= 15 is 0 Å². The standard InChI is InChI=1S/C23H20ClN3O/c24-19-11-12-27-16-20(26-22(27)13-19)15-25-23(28)14-21(17-7-3-1-4-8-17)18-9-5-2-6-10-18/h1-13,16,21H,14-15H2,(H,25,28). The second-order valence-electron chi connectivity index (χ2n) is 6.70. The number of rotatable bonds is 6. The van der Waals surface area contributed by atoms with Gasteiger partial charge in [0.05, 0.1) is 12.2 Å². The molecule has 0 unspecified atom stereocenters. The van der Waals surface area contributed by atoms with Crippen molar-refractivity contribution < 1.29 is 4.79 Å². The Labute approximate surface area is 168 Å². The van der Waals surface area contributed by atoms with Crippen molar-refractivity contribution in [2.45, 2.75) is 18.9 Å². The molecule has 0 aliphatic carbocycles. The van der Waals surface area contributed by atoms with Crippen LogP contribution in [-0.4, -0.2) is 15.3 Å². The van der Waals surface area contributed by atoms with Gasteiger partial charge in [-0.15, -0.1) is 0 Å². The summed E-state index contributed by atoms with van der Waals surface area (Å²) < 4.78 is 1.89. The molecule has 2 aromatic carbocycles. The molecule has 4 aromatic rings. The maximum atomic E-state index is 12.7. The fourth-order valence-corrected chi connectivity index (χ4v) is 3.49. The molecule has 28 heavy (non-hydrogen) atoms. The number of benzene rings is 2. The van der Waals surface area contributed by atoms with Gasteiger partial charge in [0.25, 0.3) is 0 Å². The van der Waals surface area contributed by atoms with Crippen LogP contribution in [0.4, 0.5) is 0 Å². The van der Waals surface area contributed by atoms with Crippen molar-refractivity contribution >= 4 is 23.2 Å². The smallest absolute Gasteiger partial charge is 0.221 e. The minimum atomic E-state index is -0.00667. The van der Waals surface area contributed by atoms with Crippen molar-refractivity contribution in [1.82, 2.24) is 14.7 Å². The second-order valence-corrected chi connectivity index (χ2v) is 7.13. The topological polar surface area (TPSA) is 46.4 Å². The summed E-state index contributed by atoms with van der Waals surface area (Å²) in [4.78, 5) is 17.2. The Morgan fingerprint density at radius 2 is 1.64 bits per heavy atom. The molecule has 0 spiro atoms. The largest absolute Gasteiger partial charge is 0.350 e. The maximum Gasteiger partial charge on any atom is 0.221 e. The second kappa shape index (κ2) is 8.28. The molecule has 0 bridgehead atoms. The van der Waals surface area contributed by atoms with Gasteiger partial charge in [-0.05, 0) is 23.3 Å². The van der Waals surface area contributed by atoms with E-state index in [0.29, 0.717) is 18.0 Å². The molecule has 0 saturated heterocycles. The summed E-state index contributed by atoms with van der Waals surface area (Å²) in [6.07, 6.45) is 4.14. The van der Waals surface area contributed by atoms with Crippen LogP contribution in [0.25, 0.3) is 5.65 Å². The van der Waals surface area contributed by atoms with Crippen molar-refractivity contribution in [3.05, 3.63) is 107 Å². The van der Waals surface area contributed by atoms with Crippen LogP contribution in [0, 0.1) is 0 Å². The molecule has 5 heteroatoms. The molecule has 140 valence electrons. The normalized spacial score (nSPS) is 11.1. The molecule has 2 heterocycles. The van der Waals surface area contributed by atoms with E-state index in [-0.39, 0.29) is 11.8 Å². The summed E-state index contributed by atoms with van der Waals surface area (Å²) in [5, 5.41) is 3.64. The zero-order valence-electron chi connectivity index (χ0n) is 15.3. The number of hydrogen-bond donors (Lipinski definition) is 1. The number of fused-ring (bicyclic) bond motifs is 1. The van der Waals surface area contributed by atoms with Gasteiger partial charge >= 0.3 is 0 Å². The van der Waals surface area contributed by atoms with E-state index in [9.17, 15) is 4.79 Å². The van der Waals surface area contributed by atoms with Gasteiger partial charge in [0, 0.05) is 29.8 Å². The number of aromatic nitrogens is 2. The van der Waals surface area contributed by atoms with Crippen LogP contribution in [-0.2, 0) is 11.3 Å². The SMILES string of the molecule is O=C(CC(c1ccccc1)c1ccccc1)NCc1cn2ccc(Cl)cc2n1. The molecule has 0 fully saturated rings. The van der Waals surface area contributed by atoms with Crippen LogP contribution >= 0.6 is 11.6 Å². The van der Waals surface area contributed by atoms with Crippen molar-refractivity contribution in [3.63, 3.8) is 0 Å². The van der Waals surface area contributed by atoms with Crippen molar-refractivity contribution in [2.24, 2.45) is 0 Å². The van der Waals surface area contributed by atoms with Gasteiger partial charge in [-0.1, -0.05) is 72.3 Å². The summed E-state index contributed by atoms with van der Waals surface area (Å²) in [5.41, 5.74) is 3.83. The highest BCUT2D eigenvalue weighted by molar-refractivity contribution is 6.30. The Morgan fingerprint density at radius 3 is 2.29 bits per heavy atom. The quantitative estimate of drug-likeness (QED) is 0.513. The molecule has 4 nitrogen and oxygen atoms in total. The highest BCUT2D eigenvalue weighted by Crippen LogP contribution is 2.27. The van der Waals surface area contributed by atoms with E-state index in [4.69, 9.17) is 11.6 Å². The van der Waals surface area contributed by atoms with Crippen molar-refractivity contribution in [3.8, 4) is 0 Å². The molecular formula is C23H20ClN3O. The number of carbonyl (C=O) groups excluding carboxylic acids is 1. The van der Waals surface area contributed by atoms with Crippen molar-refractivity contribution in [2.75, 3.05) is 0 Å². The van der Waals surface area contributed by atoms with Gasteiger partial charge in [0.2, 0.25) is 5.91 Å². The average molecular weight is 390 g/mol. The van der Waals surface area contributed by atoms with E-state index in [0.717, 1.165) is 22.5 Å². The number of hydrogen-bond acceptors (Lipinski definition) is 2. The first-order chi connectivity index (χ1) is 13.7. The van der Waals surface area contributed by atoms with Gasteiger partial charge in [0.1, 0.15) is 5.65 Å². The Morgan fingerprint density at radius 1 is 1.00 bits per heavy atom. The third-order valence-electron chi connectivity index (χ3n) is 4.73. The fraction of sp³-hybridized carbons (Fsp3) is 0.130. The Kier molecular flexibility index (Phi) is 5.40. The number of amides is 1. The number of nitrogens with zero attached hydrogens (tertiary/aromatic N) is 2. The van der Waals surface area contributed by atoms with Crippen LogP contribution in [0.15, 0.2) is 85.2 Å². The van der Waals surface area contributed by atoms with Gasteiger partial charge in [-0.2, -0.15) is 0 Å². The fourth-order valence-electron chi connectivity index (χ4n) is 3.34. The van der Waals surface area contributed by atoms with Crippen LogP contribution in [0.3, 0.4) is 0 Å². The molecule has 0 atom stereocenters. The molecule has 2 aromatic heterocycles. The first-order valence-electron chi connectivity index (χ1n) is 9.19. The van der Waals surface area contributed by atoms with Gasteiger partial charge in [-0.25, -0.2) is 4.98 Å². The summed E-state index contributed by atoms with van der Waals surface area (Å²) in [5.74, 6) is 0.00932. The molecule has 4 rings (SSSR count). The Balaban J connectivity index is 1.46. The van der Waals surface area contributed by atoms with Gasteiger partial charge in [-0.3, -0.25) is 4.79 Å². The van der Waals surface area contributed by atoms with Crippen LogP contribution in [0.1, 0.15) is 29.2 Å². The highest BCUT2D eigenvalue weighted by Gasteiger charge is 2.18. The third kappa shape index (κ3) is 4.24. The van der Waals surface area contributed by atoms with E-state index in [2.05, 4.69) is 34.6 Å². The Bertz CT molecular complexity index is 1040. The minimum absolute atomic E-state index is 0.00667. The predicted octanol–water partition coefficient (Wildman–Crippen LogP) is 4.83. The molecule has 0 aliphatic heterocycles. The van der Waals surface area contributed by atoms with E-state index in [1.807, 2.05) is 59.3 Å². The lowest BCUT2D eigenvalue weighted by molar-refractivity contribution is -0.121. The molecule has 0 saturated carbocycles.